The van der Waals surface area contributed by atoms with Gasteiger partial charge in [-0.3, -0.25) is 0 Å². The molecule has 75 valence electrons. The van der Waals surface area contributed by atoms with Crippen molar-refractivity contribution in [3.63, 3.8) is 0 Å². The molecule has 0 saturated carbocycles. The van der Waals surface area contributed by atoms with Crippen LogP contribution >= 0.6 is 0 Å². The van der Waals surface area contributed by atoms with Gasteiger partial charge in [0.05, 0.1) is 6.26 Å². The fourth-order valence-electron chi connectivity index (χ4n) is 1.68. The van der Waals surface area contributed by atoms with Gasteiger partial charge >= 0.3 is 0 Å². The zero-order valence-electron chi connectivity index (χ0n) is 8.03. The molecule has 3 nitrogen and oxygen atoms in total. The summed E-state index contributed by atoms with van der Waals surface area (Å²) in [6, 6.07) is 8.71. The molecule has 0 aliphatic carbocycles. The molecule has 1 aliphatic rings. The van der Waals surface area contributed by atoms with Crippen LogP contribution in [0.3, 0.4) is 0 Å². The van der Waals surface area contributed by atoms with Crippen molar-refractivity contribution in [3.05, 3.63) is 35.4 Å². The van der Waals surface area contributed by atoms with Gasteiger partial charge in [0.1, 0.15) is 0 Å². The van der Waals surface area contributed by atoms with Crippen molar-refractivity contribution in [1.29, 1.82) is 0 Å². The van der Waals surface area contributed by atoms with Crippen LogP contribution < -0.4 is 0 Å². The largest absolute Gasteiger partial charge is 0.212 e. The minimum Gasteiger partial charge on any atom is -0.212 e. The highest BCUT2D eigenvalue weighted by molar-refractivity contribution is 7.88. The van der Waals surface area contributed by atoms with Crippen LogP contribution in [0.2, 0.25) is 0 Å². The first-order valence-corrected chi connectivity index (χ1v) is 6.35. The van der Waals surface area contributed by atoms with Gasteiger partial charge in [0.15, 0.2) is 0 Å². The van der Waals surface area contributed by atoms with Crippen molar-refractivity contribution in [2.24, 2.45) is 0 Å². The third kappa shape index (κ3) is 1.81. The summed E-state index contributed by atoms with van der Waals surface area (Å²) in [4.78, 5) is 0. The Morgan fingerprint density at radius 3 is 2.93 bits per heavy atom. The number of fused-ring (bicyclic) bond motifs is 1. The summed E-state index contributed by atoms with van der Waals surface area (Å²) in [7, 11) is -3.05. The Bertz CT molecular complexity index is 439. The lowest BCUT2D eigenvalue weighted by Crippen LogP contribution is -2.35. The van der Waals surface area contributed by atoms with Crippen LogP contribution in [0, 0.1) is 6.07 Å². The Kier molecular flexibility index (Phi) is 2.33. The van der Waals surface area contributed by atoms with Crippen LogP contribution in [0.4, 0.5) is 0 Å². The molecule has 0 amide bonds. The Labute approximate surface area is 84.4 Å². The predicted octanol–water partition coefficient (Wildman–Crippen LogP) is 0.804. The summed E-state index contributed by atoms with van der Waals surface area (Å²) in [5.41, 5.74) is 2.31. The van der Waals surface area contributed by atoms with Gasteiger partial charge in [0.2, 0.25) is 10.0 Å². The van der Waals surface area contributed by atoms with Gasteiger partial charge < -0.3 is 0 Å². The van der Waals surface area contributed by atoms with Gasteiger partial charge in [-0.15, -0.1) is 0 Å². The third-order valence-corrected chi connectivity index (χ3v) is 3.75. The minimum absolute atomic E-state index is 0.503. The summed E-state index contributed by atoms with van der Waals surface area (Å²) in [6.07, 6.45) is 2.05. The molecule has 0 spiro atoms. The zero-order chi connectivity index (χ0) is 10.2. The second-order valence-electron chi connectivity index (χ2n) is 3.54. The van der Waals surface area contributed by atoms with Gasteiger partial charge in [-0.2, -0.15) is 4.31 Å². The van der Waals surface area contributed by atoms with E-state index in [9.17, 15) is 8.42 Å². The predicted molar refractivity (Wildman–Crippen MR) is 54.2 cm³/mol. The molecule has 1 aromatic rings. The number of hydrogen-bond acceptors (Lipinski definition) is 2. The van der Waals surface area contributed by atoms with Crippen molar-refractivity contribution in [3.8, 4) is 0 Å². The molecule has 0 N–H and O–H groups in total. The van der Waals surface area contributed by atoms with Crippen LogP contribution in [0.15, 0.2) is 18.2 Å². The van der Waals surface area contributed by atoms with Crippen LogP contribution in [-0.4, -0.2) is 25.5 Å². The monoisotopic (exact) mass is 210 g/mol. The second-order valence-corrected chi connectivity index (χ2v) is 5.52. The molecular weight excluding hydrogens is 198 g/mol. The lowest BCUT2D eigenvalue weighted by atomic mass is 10.0. The van der Waals surface area contributed by atoms with E-state index in [1.165, 1.54) is 16.1 Å². The number of nitrogens with zero attached hydrogens (tertiary/aromatic N) is 1. The van der Waals surface area contributed by atoms with Crippen LogP contribution in [-0.2, 0) is 23.0 Å². The maximum atomic E-state index is 11.3. The number of benzene rings is 1. The van der Waals surface area contributed by atoms with Gasteiger partial charge in [0, 0.05) is 13.1 Å². The molecule has 0 atom stereocenters. The topological polar surface area (TPSA) is 37.4 Å². The van der Waals surface area contributed by atoms with E-state index in [4.69, 9.17) is 0 Å². The number of sulfonamides is 1. The number of rotatable bonds is 1. The van der Waals surface area contributed by atoms with Gasteiger partial charge in [0.25, 0.3) is 0 Å². The lowest BCUT2D eigenvalue weighted by Gasteiger charge is -2.26. The fourth-order valence-corrected chi connectivity index (χ4v) is 2.48. The maximum absolute atomic E-state index is 11.3. The van der Waals surface area contributed by atoms with E-state index in [0.717, 1.165) is 12.0 Å². The van der Waals surface area contributed by atoms with Crippen molar-refractivity contribution >= 4 is 10.0 Å². The molecule has 0 fully saturated rings. The Hall–Kier alpha value is -0.870. The summed E-state index contributed by atoms with van der Waals surface area (Å²) in [5, 5.41) is 0. The summed E-state index contributed by atoms with van der Waals surface area (Å²) in [5.74, 6) is 0. The van der Waals surface area contributed by atoms with Crippen molar-refractivity contribution < 1.29 is 8.42 Å². The summed E-state index contributed by atoms with van der Waals surface area (Å²) < 4.78 is 24.1. The first kappa shape index (κ1) is 9.68. The van der Waals surface area contributed by atoms with E-state index in [-0.39, 0.29) is 0 Å². The van der Waals surface area contributed by atoms with E-state index in [2.05, 4.69) is 6.07 Å². The third-order valence-electron chi connectivity index (χ3n) is 2.50. The molecule has 1 radical (unpaired) electrons. The first-order valence-electron chi connectivity index (χ1n) is 4.50. The maximum Gasteiger partial charge on any atom is 0.211 e. The summed E-state index contributed by atoms with van der Waals surface area (Å²) in [6.45, 7) is 1.09. The van der Waals surface area contributed by atoms with E-state index in [0.29, 0.717) is 13.1 Å². The molecule has 1 aromatic carbocycles. The molecule has 0 bridgehead atoms. The Morgan fingerprint density at radius 2 is 2.21 bits per heavy atom. The highest BCUT2D eigenvalue weighted by Gasteiger charge is 2.22. The fraction of sp³-hybridized carbons (Fsp3) is 0.400. The molecule has 2 rings (SSSR count). The van der Waals surface area contributed by atoms with E-state index in [1.807, 2.05) is 18.2 Å². The van der Waals surface area contributed by atoms with Gasteiger partial charge in [-0.05, 0) is 23.6 Å². The standard InChI is InChI=1S/C10H12NO2S/c1-14(12,13)11-7-6-9-4-2-3-5-10(9)8-11/h3-5H,6-8H2,1H3. The van der Waals surface area contributed by atoms with Crippen molar-refractivity contribution in [1.82, 2.24) is 4.31 Å². The quantitative estimate of drug-likeness (QED) is 0.687. The lowest BCUT2D eigenvalue weighted by molar-refractivity contribution is 0.395. The zero-order valence-corrected chi connectivity index (χ0v) is 8.84. The Morgan fingerprint density at radius 1 is 1.43 bits per heavy atom. The SMILES string of the molecule is CS(=O)(=O)N1CCc2c[c]ccc2C1. The average molecular weight is 210 g/mol. The first-order chi connectivity index (χ1) is 6.57. The second kappa shape index (κ2) is 3.37. The highest BCUT2D eigenvalue weighted by atomic mass is 32.2. The summed E-state index contributed by atoms with van der Waals surface area (Å²) >= 11 is 0. The van der Waals surface area contributed by atoms with E-state index < -0.39 is 10.0 Å². The van der Waals surface area contributed by atoms with E-state index >= 15 is 0 Å². The van der Waals surface area contributed by atoms with Crippen LogP contribution in [0.5, 0.6) is 0 Å². The normalized spacial score (nSPS) is 17.8. The molecule has 1 aliphatic heterocycles. The number of hydrogen-bond donors (Lipinski definition) is 0. The van der Waals surface area contributed by atoms with Crippen molar-refractivity contribution in [2.45, 2.75) is 13.0 Å². The molecular formula is C10H12NO2S. The molecule has 0 unspecified atom stereocenters. The molecule has 1 heterocycles. The van der Waals surface area contributed by atoms with Gasteiger partial charge in [-0.25, -0.2) is 8.42 Å². The average Bonchev–Trinajstić information content (AvgIpc) is 2.16. The van der Waals surface area contributed by atoms with Crippen molar-refractivity contribution in [2.75, 3.05) is 12.8 Å². The smallest absolute Gasteiger partial charge is 0.211 e. The minimum atomic E-state index is -3.05. The molecule has 0 aromatic heterocycles. The van der Waals surface area contributed by atoms with E-state index in [1.54, 1.807) is 0 Å². The van der Waals surface area contributed by atoms with Gasteiger partial charge in [-0.1, -0.05) is 18.2 Å². The molecule has 0 saturated heterocycles. The molecule has 14 heavy (non-hydrogen) atoms. The van der Waals surface area contributed by atoms with Crippen LogP contribution in [0.25, 0.3) is 0 Å². The Balaban J connectivity index is 2.30. The molecule has 4 heteroatoms. The highest BCUT2D eigenvalue weighted by Crippen LogP contribution is 2.19. The van der Waals surface area contributed by atoms with Crippen LogP contribution in [0.1, 0.15) is 11.1 Å².